The average molecular weight is 430 g/mol. The minimum atomic E-state index is -0.210. The van der Waals surface area contributed by atoms with Gasteiger partial charge >= 0.3 is 0 Å². The van der Waals surface area contributed by atoms with Crippen molar-refractivity contribution in [1.82, 2.24) is 5.32 Å². The molecule has 2 rings (SSSR count). The first-order valence-electron chi connectivity index (χ1n) is 10.7. The van der Waals surface area contributed by atoms with E-state index in [9.17, 15) is 4.39 Å². The molecule has 0 heterocycles. The van der Waals surface area contributed by atoms with Gasteiger partial charge in [0.2, 0.25) is 0 Å². The van der Waals surface area contributed by atoms with Crippen LogP contribution in [0.5, 0.6) is 0 Å². The molecule has 3 heteroatoms. The summed E-state index contributed by atoms with van der Waals surface area (Å²) in [4.78, 5) is 0. The molecule has 0 aliphatic carbocycles. The zero-order valence-corrected chi connectivity index (χ0v) is 19.1. The molecule has 1 N–H and O–H groups in total. The number of ether oxygens (including phenoxy) is 1. The first-order chi connectivity index (χ1) is 15.4. The molecule has 0 saturated carbocycles. The molecule has 0 radical (unpaired) electrons. The Hall–Kier alpha value is -3.51. The van der Waals surface area contributed by atoms with Gasteiger partial charge in [0.15, 0.2) is 0 Å². The predicted molar refractivity (Wildman–Crippen MR) is 133 cm³/mol. The summed E-state index contributed by atoms with van der Waals surface area (Å²) in [7, 11) is 1.63. The van der Waals surface area contributed by atoms with Crippen LogP contribution in [0.25, 0.3) is 5.70 Å². The minimum absolute atomic E-state index is 0.210. The van der Waals surface area contributed by atoms with Gasteiger partial charge in [-0.25, -0.2) is 4.39 Å². The first-order valence-corrected chi connectivity index (χ1v) is 10.7. The molecule has 0 amide bonds. The lowest BCUT2D eigenvalue weighted by molar-refractivity contribution is 0.286. The zero-order chi connectivity index (χ0) is 23.3. The second kappa shape index (κ2) is 13.0. The van der Waals surface area contributed by atoms with Crippen molar-refractivity contribution in [2.45, 2.75) is 32.6 Å². The number of nitrogens with one attached hydrogen (secondary N) is 1. The lowest BCUT2D eigenvalue weighted by Crippen LogP contribution is -2.13. The third kappa shape index (κ3) is 8.70. The summed E-state index contributed by atoms with van der Waals surface area (Å²) in [5.41, 5.74) is 6.31. The van der Waals surface area contributed by atoms with E-state index < -0.39 is 0 Å². The standard InChI is InChI=1S/C29H32FNO/c1-6-9-29(32-5)15-14-22(2)18-23(3)16-17-31-24(4)27-12-7-10-25(20-27)19-26-11-8-13-28(30)21-26/h1,7-8,10-15,20-21,31H,3-4,9,16-19H2,2,5H3/b22-14-,29-15+. The van der Waals surface area contributed by atoms with Gasteiger partial charge in [0, 0.05) is 12.2 Å². The Labute approximate surface area is 192 Å². The summed E-state index contributed by atoms with van der Waals surface area (Å²) in [5.74, 6) is 3.14. The monoisotopic (exact) mass is 429 g/mol. The molecule has 0 unspecified atom stereocenters. The van der Waals surface area contributed by atoms with E-state index in [4.69, 9.17) is 11.2 Å². The third-order valence-electron chi connectivity index (χ3n) is 5.01. The van der Waals surface area contributed by atoms with E-state index in [2.05, 4.69) is 37.4 Å². The lowest BCUT2D eigenvalue weighted by atomic mass is 10.0. The van der Waals surface area contributed by atoms with Gasteiger partial charge in [0.1, 0.15) is 11.6 Å². The molecule has 0 atom stereocenters. The van der Waals surface area contributed by atoms with Gasteiger partial charge in [-0.3, -0.25) is 0 Å². The molecule has 0 fully saturated rings. The van der Waals surface area contributed by atoms with Crippen molar-refractivity contribution < 1.29 is 9.13 Å². The highest BCUT2D eigenvalue weighted by Gasteiger charge is 2.04. The van der Waals surface area contributed by atoms with Crippen molar-refractivity contribution in [1.29, 1.82) is 0 Å². The predicted octanol–water partition coefficient (Wildman–Crippen LogP) is 6.81. The molecular formula is C29H32FNO. The minimum Gasteiger partial charge on any atom is -0.500 e. The van der Waals surface area contributed by atoms with E-state index in [-0.39, 0.29) is 5.82 Å². The van der Waals surface area contributed by atoms with Crippen molar-refractivity contribution >= 4 is 5.70 Å². The van der Waals surface area contributed by atoms with Crippen molar-refractivity contribution in [3.8, 4) is 12.3 Å². The Bertz CT molecular complexity index is 1040. The molecular weight excluding hydrogens is 397 g/mol. The molecule has 2 aromatic rings. The summed E-state index contributed by atoms with van der Waals surface area (Å²) >= 11 is 0. The van der Waals surface area contributed by atoms with E-state index >= 15 is 0 Å². The van der Waals surface area contributed by atoms with Gasteiger partial charge in [-0.05, 0) is 67.2 Å². The second-order valence-corrected chi connectivity index (χ2v) is 7.82. The van der Waals surface area contributed by atoms with Crippen LogP contribution in [0.2, 0.25) is 0 Å². The fraction of sp³-hybridized carbons (Fsp3) is 0.241. The highest BCUT2D eigenvalue weighted by Crippen LogP contribution is 2.17. The number of hydrogen-bond donors (Lipinski definition) is 1. The maximum atomic E-state index is 13.4. The number of rotatable bonds is 12. The van der Waals surface area contributed by atoms with Crippen molar-refractivity contribution in [3.05, 3.63) is 113 Å². The summed E-state index contributed by atoms with van der Waals surface area (Å²) in [6.45, 7) is 11.2. The molecule has 0 spiro atoms. The first kappa shape index (κ1) is 24.8. The van der Waals surface area contributed by atoms with Gasteiger partial charge in [0.25, 0.3) is 0 Å². The van der Waals surface area contributed by atoms with E-state index in [1.807, 2.05) is 36.4 Å². The van der Waals surface area contributed by atoms with Crippen LogP contribution < -0.4 is 5.32 Å². The number of allylic oxidation sites excluding steroid dienone is 4. The Morgan fingerprint density at radius 3 is 2.53 bits per heavy atom. The fourth-order valence-corrected chi connectivity index (χ4v) is 3.32. The normalized spacial score (nSPS) is 11.6. The maximum absolute atomic E-state index is 13.4. The largest absolute Gasteiger partial charge is 0.500 e. The SMILES string of the molecule is C#CC/C(=C\C=C(\C)CC(=C)CCNC(=C)c1cccc(Cc2cccc(F)c2)c1)OC. The van der Waals surface area contributed by atoms with E-state index in [1.54, 1.807) is 19.2 Å². The third-order valence-corrected chi connectivity index (χ3v) is 5.01. The molecule has 0 aromatic heterocycles. The lowest BCUT2D eigenvalue weighted by Gasteiger charge is -2.13. The number of hydrogen-bond acceptors (Lipinski definition) is 2. The van der Waals surface area contributed by atoms with Gasteiger partial charge in [-0.2, -0.15) is 0 Å². The van der Waals surface area contributed by atoms with Crippen LogP contribution in [0, 0.1) is 18.2 Å². The van der Waals surface area contributed by atoms with Crippen molar-refractivity contribution in [2.24, 2.45) is 0 Å². The van der Waals surface area contributed by atoms with Crippen LogP contribution in [-0.2, 0) is 11.2 Å². The highest BCUT2D eigenvalue weighted by atomic mass is 19.1. The van der Waals surface area contributed by atoms with Gasteiger partial charge < -0.3 is 10.1 Å². The van der Waals surface area contributed by atoms with Crippen LogP contribution in [0.4, 0.5) is 4.39 Å². The van der Waals surface area contributed by atoms with Gasteiger partial charge in [-0.1, -0.05) is 66.6 Å². The Morgan fingerprint density at radius 2 is 1.84 bits per heavy atom. The summed E-state index contributed by atoms with van der Waals surface area (Å²) in [6.07, 6.45) is 12.1. The quantitative estimate of drug-likeness (QED) is 0.173. The summed E-state index contributed by atoms with van der Waals surface area (Å²) < 4.78 is 18.7. The summed E-state index contributed by atoms with van der Waals surface area (Å²) in [5, 5.41) is 3.39. The number of benzene rings is 2. The molecule has 32 heavy (non-hydrogen) atoms. The van der Waals surface area contributed by atoms with E-state index in [0.717, 1.165) is 53.1 Å². The van der Waals surface area contributed by atoms with Crippen LogP contribution in [0.3, 0.4) is 0 Å². The Balaban J connectivity index is 1.84. The highest BCUT2D eigenvalue weighted by molar-refractivity contribution is 5.62. The van der Waals surface area contributed by atoms with Crippen LogP contribution in [0.15, 0.2) is 90.7 Å². The van der Waals surface area contributed by atoms with Crippen LogP contribution in [0.1, 0.15) is 42.9 Å². The molecule has 0 saturated heterocycles. The molecule has 0 aliphatic heterocycles. The van der Waals surface area contributed by atoms with Crippen LogP contribution in [-0.4, -0.2) is 13.7 Å². The number of halogens is 1. The molecule has 0 bridgehead atoms. The number of terminal acetylenes is 1. The molecule has 2 nitrogen and oxygen atoms in total. The molecule has 2 aromatic carbocycles. The Morgan fingerprint density at radius 1 is 1.12 bits per heavy atom. The Kier molecular flexibility index (Phi) is 10.1. The summed E-state index contributed by atoms with van der Waals surface area (Å²) in [6, 6.07) is 14.9. The fourth-order valence-electron chi connectivity index (χ4n) is 3.32. The molecule has 0 aliphatic rings. The second-order valence-electron chi connectivity index (χ2n) is 7.82. The van der Waals surface area contributed by atoms with E-state index in [0.29, 0.717) is 12.8 Å². The van der Waals surface area contributed by atoms with Gasteiger partial charge in [0.05, 0.1) is 13.5 Å². The molecule has 166 valence electrons. The number of methoxy groups -OCH3 is 1. The average Bonchev–Trinajstić information content (AvgIpc) is 2.76. The van der Waals surface area contributed by atoms with Crippen LogP contribution >= 0.6 is 0 Å². The topological polar surface area (TPSA) is 21.3 Å². The van der Waals surface area contributed by atoms with E-state index in [1.165, 1.54) is 11.6 Å². The van der Waals surface area contributed by atoms with Gasteiger partial charge in [-0.15, -0.1) is 6.42 Å². The maximum Gasteiger partial charge on any atom is 0.123 e. The smallest absolute Gasteiger partial charge is 0.123 e. The van der Waals surface area contributed by atoms with Crippen molar-refractivity contribution in [3.63, 3.8) is 0 Å². The van der Waals surface area contributed by atoms with Crippen molar-refractivity contribution in [2.75, 3.05) is 13.7 Å². The zero-order valence-electron chi connectivity index (χ0n) is 19.1.